The summed E-state index contributed by atoms with van der Waals surface area (Å²) in [6, 6.07) is 0.423. The van der Waals surface area contributed by atoms with E-state index in [9.17, 15) is 0 Å². The van der Waals surface area contributed by atoms with Gasteiger partial charge >= 0.3 is 0 Å². The van der Waals surface area contributed by atoms with Crippen LogP contribution in [0.25, 0.3) is 0 Å². The Hall–Kier alpha value is 0.270. The smallest absolute Gasteiger partial charge is 0.0116 e. The molecule has 0 aromatic heterocycles. The number of nitrogens with two attached hydrogens (primary N) is 1. The van der Waals surface area contributed by atoms with Crippen molar-refractivity contribution < 1.29 is 0 Å². The molecule has 0 amide bonds. The molecule has 0 aromatic rings. The zero-order valence-electron chi connectivity index (χ0n) is 11.7. The van der Waals surface area contributed by atoms with Crippen LogP contribution in [-0.4, -0.2) is 41.1 Å². The summed E-state index contributed by atoms with van der Waals surface area (Å²) in [5.41, 5.74) is 6.67. The van der Waals surface area contributed by atoms with E-state index in [2.05, 4.69) is 37.4 Å². The highest BCUT2D eigenvalue weighted by molar-refractivity contribution is 8.00. The molecule has 1 saturated carbocycles. The zero-order valence-corrected chi connectivity index (χ0v) is 12.5. The Kier molecular flexibility index (Phi) is 4.11. The van der Waals surface area contributed by atoms with Crippen LogP contribution >= 0.6 is 11.8 Å². The third-order valence-electron chi connectivity index (χ3n) is 4.67. The van der Waals surface area contributed by atoms with E-state index in [1.807, 2.05) is 0 Å². The lowest BCUT2D eigenvalue weighted by atomic mass is 9.84. The molecule has 0 bridgehead atoms. The van der Waals surface area contributed by atoms with Gasteiger partial charge in [-0.25, -0.2) is 0 Å². The van der Waals surface area contributed by atoms with Crippen molar-refractivity contribution in [2.45, 2.75) is 57.2 Å². The van der Waals surface area contributed by atoms with Crippen LogP contribution in [0.1, 0.15) is 46.5 Å². The minimum Gasteiger partial charge on any atom is -0.327 e. The number of hydrogen-bond acceptors (Lipinski definition) is 3. The highest BCUT2D eigenvalue weighted by atomic mass is 32.2. The Morgan fingerprint density at radius 3 is 2.65 bits per heavy atom. The second kappa shape index (κ2) is 5.10. The highest BCUT2D eigenvalue weighted by Crippen LogP contribution is 2.38. The van der Waals surface area contributed by atoms with Gasteiger partial charge in [0.05, 0.1) is 0 Å². The lowest BCUT2D eigenvalue weighted by Crippen LogP contribution is -2.45. The Morgan fingerprint density at radius 2 is 2.00 bits per heavy atom. The van der Waals surface area contributed by atoms with Crippen molar-refractivity contribution in [1.29, 1.82) is 0 Å². The van der Waals surface area contributed by atoms with Crippen LogP contribution in [0.5, 0.6) is 0 Å². The molecule has 1 aliphatic carbocycles. The van der Waals surface area contributed by atoms with Crippen LogP contribution in [-0.2, 0) is 0 Å². The van der Waals surface area contributed by atoms with E-state index in [1.165, 1.54) is 51.1 Å². The summed E-state index contributed by atoms with van der Waals surface area (Å²) in [7, 11) is 0. The molecule has 0 aromatic carbocycles. The normalized spacial score (nSPS) is 39.2. The van der Waals surface area contributed by atoms with Crippen LogP contribution in [0.3, 0.4) is 0 Å². The maximum absolute atomic E-state index is 6.29. The summed E-state index contributed by atoms with van der Waals surface area (Å²) in [6.45, 7) is 10.9. The topological polar surface area (TPSA) is 29.3 Å². The summed E-state index contributed by atoms with van der Waals surface area (Å²) < 4.78 is 0.466. The molecule has 1 heterocycles. The van der Waals surface area contributed by atoms with Gasteiger partial charge in [0.25, 0.3) is 0 Å². The molecule has 0 spiro atoms. The first kappa shape index (κ1) is 13.7. The van der Waals surface area contributed by atoms with Crippen LogP contribution in [0.15, 0.2) is 0 Å². The van der Waals surface area contributed by atoms with Gasteiger partial charge in [-0.3, -0.25) is 0 Å². The third kappa shape index (κ3) is 3.39. The minimum absolute atomic E-state index is 0.374. The van der Waals surface area contributed by atoms with E-state index < -0.39 is 0 Å². The molecule has 2 fully saturated rings. The van der Waals surface area contributed by atoms with Crippen molar-refractivity contribution in [2.75, 3.05) is 25.4 Å². The second-order valence-electron chi connectivity index (χ2n) is 6.79. The molecule has 2 rings (SSSR count). The first-order chi connectivity index (χ1) is 7.91. The largest absolute Gasteiger partial charge is 0.327 e. The van der Waals surface area contributed by atoms with E-state index >= 15 is 0 Å². The monoisotopic (exact) mass is 256 g/mol. The van der Waals surface area contributed by atoms with Gasteiger partial charge in [-0.1, -0.05) is 27.2 Å². The summed E-state index contributed by atoms with van der Waals surface area (Å²) >= 11 is 2.13. The third-order valence-corrected chi connectivity index (χ3v) is 6.05. The SMILES string of the molecule is CC1(C)CCN(CC2(C)CCCC2N)CCS1. The fourth-order valence-electron chi connectivity index (χ4n) is 3.19. The molecular formula is C14H28N2S. The van der Waals surface area contributed by atoms with E-state index in [4.69, 9.17) is 5.73 Å². The van der Waals surface area contributed by atoms with Crippen molar-refractivity contribution in [3.05, 3.63) is 0 Å². The molecule has 17 heavy (non-hydrogen) atoms. The molecule has 2 aliphatic rings. The molecule has 2 N–H and O–H groups in total. The summed E-state index contributed by atoms with van der Waals surface area (Å²) in [6.07, 6.45) is 5.18. The fourth-order valence-corrected chi connectivity index (χ4v) is 4.32. The van der Waals surface area contributed by atoms with Crippen LogP contribution < -0.4 is 5.73 Å². The van der Waals surface area contributed by atoms with Gasteiger partial charge < -0.3 is 10.6 Å². The highest BCUT2D eigenvalue weighted by Gasteiger charge is 2.38. The van der Waals surface area contributed by atoms with Gasteiger partial charge in [0, 0.05) is 29.6 Å². The lowest BCUT2D eigenvalue weighted by molar-refractivity contribution is 0.158. The zero-order chi connectivity index (χ0) is 12.5. The number of thioether (sulfide) groups is 1. The predicted molar refractivity (Wildman–Crippen MR) is 77.5 cm³/mol. The summed E-state index contributed by atoms with van der Waals surface area (Å²) in [4.78, 5) is 2.66. The Morgan fingerprint density at radius 1 is 1.24 bits per heavy atom. The van der Waals surface area contributed by atoms with E-state index in [-0.39, 0.29) is 0 Å². The standard InChI is InChI=1S/C14H28N2S/c1-13(2)7-8-16(9-10-17-13)11-14(3)6-4-5-12(14)15/h12H,4-11,15H2,1-3H3. The number of rotatable bonds is 2. The Labute approximate surface area is 111 Å². The number of hydrogen-bond donors (Lipinski definition) is 1. The van der Waals surface area contributed by atoms with E-state index in [0.29, 0.717) is 16.2 Å². The fraction of sp³-hybridized carbons (Fsp3) is 1.00. The molecule has 2 nitrogen and oxygen atoms in total. The summed E-state index contributed by atoms with van der Waals surface area (Å²) in [5.74, 6) is 1.28. The lowest BCUT2D eigenvalue weighted by Gasteiger charge is -2.35. The van der Waals surface area contributed by atoms with Crippen molar-refractivity contribution in [3.63, 3.8) is 0 Å². The molecule has 1 aliphatic heterocycles. The van der Waals surface area contributed by atoms with Crippen LogP contribution in [0, 0.1) is 5.41 Å². The van der Waals surface area contributed by atoms with Crippen molar-refractivity contribution in [1.82, 2.24) is 4.90 Å². The van der Waals surface area contributed by atoms with Gasteiger partial charge in [0.1, 0.15) is 0 Å². The molecule has 0 radical (unpaired) electrons. The first-order valence-corrected chi connectivity index (χ1v) is 8.02. The van der Waals surface area contributed by atoms with Crippen molar-refractivity contribution >= 4 is 11.8 Å². The van der Waals surface area contributed by atoms with Gasteiger partial charge in [-0.05, 0) is 31.2 Å². The van der Waals surface area contributed by atoms with Crippen LogP contribution in [0.2, 0.25) is 0 Å². The van der Waals surface area contributed by atoms with E-state index in [0.717, 1.165) is 0 Å². The second-order valence-corrected chi connectivity index (χ2v) is 8.59. The molecule has 2 unspecified atom stereocenters. The first-order valence-electron chi connectivity index (χ1n) is 7.03. The minimum atomic E-state index is 0.374. The maximum atomic E-state index is 6.29. The maximum Gasteiger partial charge on any atom is 0.0116 e. The van der Waals surface area contributed by atoms with Crippen molar-refractivity contribution in [2.24, 2.45) is 11.1 Å². The van der Waals surface area contributed by atoms with Gasteiger partial charge in [-0.15, -0.1) is 0 Å². The molecule has 1 saturated heterocycles. The van der Waals surface area contributed by atoms with Crippen LogP contribution in [0.4, 0.5) is 0 Å². The summed E-state index contributed by atoms with van der Waals surface area (Å²) in [5, 5.41) is 0. The van der Waals surface area contributed by atoms with E-state index in [1.54, 1.807) is 0 Å². The van der Waals surface area contributed by atoms with Gasteiger partial charge in [0.2, 0.25) is 0 Å². The quantitative estimate of drug-likeness (QED) is 0.824. The molecular weight excluding hydrogens is 228 g/mol. The molecule has 3 heteroatoms. The average Bonchev–Trinajstić information content (AvgIpc) is 2.44. The van der Waals surface area contributed by atoms with Gasteiger partial charge in [0.15, 0.2) is 0 Å². The Balaban J connectivity index is 1.91. The van der Waals surface area contributed by atoms with Crippen molar-refractivity contribution in [3.8, 4) is 0 Å². The Bertz CT molecular complexity index is 267. The molecule has 100 valence electrons. The number of nitrogens with zero attached hydrogens (tertiary/aromatic N) is 1. The average molecular weight is 256 g/mol. The molecule has 2 atom stereocenters. The predicted octanol–water partition coefficient (Wildman–Crippen LogP) is 2.72. The van der Waals surface area contributed by atoms with Gasteiger partial charge in [-0.2, -0.15) is 11.8 Å².